The van der Waals surface area contributed by atoms with Gasteiger partial charge in [0.25, 0.3) is 4.73 Å². The summed E-state index contributed by atoms with van der Waals surface area (Å²) in [6.45, 7) is 3.86. The monoisotopic (exact) mass is 232 g/mol. The quantitative estimate of drug-likeness (QED) is 0.445. The van der Waals surface area contributed by atoms with Gasteiger partial charge in [-0.2, -0.15) is 4.68 Å². The molecule has 0 saturated heterocycles. The van der Waals surface area contributed by atoms with Crippen molar-refractivity contribution < 1.29 is 4.92 Å². The molecule has 0 fully saturated rings. The molecule has 0 aromatic carbocycles. The first kappa shape index (κ1) is 8.85. The standard InChI is InChI=1S/C5H5BrN4O2/c1-2-3-9-4(6)7-5(8-9)10(11)12/h2H,1,3H2. The third kappa shape index (κ3) is 1.67. The molecule has 1 aromatic rings. The van der Waals surface area contributed by atoms with Gasteiger partial charge in [0.1, 0.15) is 0 Å². The van der Waals surface area contributed by atoms with Crippen LogP contribution >= 0.6 is 15.9 Å². The first-order chi connectivity index (χ1) is 5.65. The van der Waals surface area contributed by atoms with Crippen LogP contribution in [0.2, 0.25) is 0 Å². The lowest BCUT2D eigenvalue weighted by molar-refractivity contribution is -0.394. The van der Waals surface area contributed by atoms with E-state index in [0.717, 1.165) is 0 Å². The smallest absolute Gasteiger partial charge is 0.390 e. The van der Waals surface area contributed by atoms with Crippen molar-refractivity contribution >= 4 is 21.9 Å². The lowest BCUT2D eigenvalue weighted by Crippen LogP contribution is -1.98. The van der Waals surface area contributed by atoms with Crippen molar-refractivity contribution in [1.82, 2.24) is 14.8 Å². The van der Waals surface area contributed by atoms with E-state index in [-0.39, 0.29) is 0 Å². The molecule has 12 heavy (non-hydrogen) atoms. The van der Waals surface area contributed by atoms with Crippen LogP contribution in [0.3, 0.4) is 0 Å². The zero-order valence-corrected chi connectivity index (χ0v) is 7.56. The number of nitro groups is 1. The van der Waals surface area contributed by atoms with Crippen LogP contribution in [0.4, 0.5) is 5.95 Å². The van der Waals surface area contributed by atoms with Gasteiger partial charge in [-0.05, 0) is 9.91 Å². The molecule has 7 heteroatoms. The van der Waals surface area contributed by atoms with Crippen LogP contribution in [-0.4, -0.2) is 19.7 Å². The SMILES string of the molecule is C=CCn1nc([N+](=O)[O-])nc1Br. The average molecular weight is 233 g/mol. The highest BCUT2D eigenvalue weighted by Crippen LogP contribution is 2.11. The second kappa shape index (κ2) is 3.44. The van der Waals surface area contributed by atoms with Crippen molar-refractivity contribution in [3.05, 3.63) is 27.5 Å². The molecular formula is C5H5BrN4O2. The molecule has 1 aromatic heterocycles. The van der Waals surface area contributed by atoms with E-state index in [2.05, 4.69) is 32.6 Å². The van der Waals surface area contributed by atoms with Gasteiger partial charge in [0.2, 0.25) is 0 Å². The molecule has 0 saturated carbocycles. The summed E-state index contributed by atoms with van der Waals surface area (Å²) in [5.41, 5.74) is 0. The van der Waals surface area contributed by atoms with Crippen molar-refractivity contribution in [3.63, 3.8) is 0 Å². The predicted octanol–water partition coefficient (Wildman–Crippen LogP) is 1.13. The van der Waals surface area contributed by atoms with Crippen LogP contribution in [0, 0.1) is 10.1 Å². The van der Waals surface area contributed by atoms with Gasteiger partial charge in [0.15, 0.2) is 0 Å². The molecule has 1 rings (SSSR count). The third-order valence-corrected chi connectivity index (χ3v) is 1.67. The maximum absolute atomic E-state index is 10.2. The van der Waals surface area contributed by atoms with Crippen LogP contribution in [0.5, 0.6) is 0 Å². The van der Waals surface area contributed by atoms with Crippen LogP contribution in [0.25, 0.3) is 0 Å². The van der Waals surface area contributed by atoms with Gasteiger partial charge in [0, 0.05) is 21.0 Å². The summed E-state index contributed by atoms with van der Waals surface area (Å²) in [4.78, 5) is 13.1. The van der Waals surface area contributed by atoms with E-state index < -0.39 is 10.9 Å². The largest absolute Gasteiger partial charge is 0.492 e. The molecule has 0 amide bonds. The molecule has 0 N–H and O–H groups in total. The van der Waals surface area contributed by atoms with E-state index in [1.165, 1.54) is 4.68 Å². The van der Waals surface area contributed by atoms with E-state index >= 15 is 0 Å². The van der Waals surface area contributed by atoms with E-state index in [0.29, 0.717) is 11.3 Å². The molecule has 0 bridgehead atoms. The van der Waals surface area contributed by atoms with Crippen LogP contribution in [0.15, 0.2) is 17.4 Å². The Labute approximate surface area is 76.2 Å². The molecule has 0 aliphatic rings. The molecule has 64 valence electrons. The molecule has 0 spiro atoms. The highest BCUT2D eigenvalue weighted by molar-refractivity contribution is 9.10. The predicted molar refractivity (Wildman–Crippen MR) is 44.6 cm³/mol. The number of hydrogen-bond donors (Lipinski definition) is 0. The summed E-state index contributed by atoms with van der Waals surface area (Å²) in [6, 6.07) is 0. The van der Waals surface area contributed by atoms with E-state index in [1.54, 1.807) is 6.08 Å². The first-order valence-corrected chi connectivity index (χ1v) is 3.80. The normalized spacial score (nSPS) is 9.75. The number of halogens is 1. The fourth-order valence-corrected chi connectivity index (χ4v) is 1.01. The fraction of sp³-hybridized carbons (Fsp3) is 0.200. The Balaban J connectivity index is 2.99. The van der Waals surface area contributed by atoms with Gasteiger partial charge in [-0.1, -0.05) is 6.08 Å². The Morgan fingerprint density at radius 3 is 2.92 bits per heavy atom. The highest BCUT2D eigenvalue weighted by atomic mass is 79.9. The van der Waals surface area contributed by atoms with Crippen LogP contribution in [-0.2, 0) is 6.54 Å². The van der Waals surface area contributed by atoms with Crippen molar-refractivity contribution in [2.24, 2.45) is 0 Å². The summed E-state index contributed by atoms with van der Waals surface area (Å²) in [5, 5.41) is 13.8. The van der Waals surface area contributed by atoms with Gasteiger partial charge < -0.3 is 10.1 Å². The zero-order chi connectivity index (χ0) is 9.14. The Morgan fingerprint density at radius 2 is 2.50 bits per heavy atom. The maximum atomic E-state index is 10.2. The van der Waals surface area contributed by atoms with Crippen molar-refractivity contribution in [2.75, 3.05) is 0 Å². The number of nitrogens with zero attached hydrogens (tertiary/aromatic N) is 4. The van der Waals surface area contributed by atoms with Gasteiger partial charge in [-0.25, -0.2) is 0 Å². The lowest BCUT2D eigenvalue weighted by Gasteiger charge is -1.86. The van der Waals surface area contributed by atoms with Crippen molar-refractivity contribution in [2.45, 2.75) is 6.54 Å². The minimum absolute atomic E-state index is 0.328. The molecule has 1 heterocycles. The Kier molecular flexibility index (Phi) is 2.54. The summed E-state index contributed by atoms with van der Waals surface area (Å²) in [6.07, 6.45) is 1.57. The van der Waals surface area contributed by atoms with E-state index in [9.17, 15) is 10.1 Å². The first-order valence-electron chi connectivity index (χ1n) is 3.00. The van der Waals surface area contributed by atoms with Gasteiger partial charge in [-0.15, -0.1) is 6.58 Å². The zero-order valence-electron chi connectivity index (χ0n) is 5.97. The highest BCUT2D eigenvalue weighted by Gasteiger charge is 2.17. The Bertz CT molecular complexity index is 321. The molecular weight excluding hydrogens is 228 g/mol. The van der Waals surface area contributed by atoms with Gasteiger partial charge in [0.05, 0.1) is 6.54 Å². The third-order valence-electron chi connectivity index (χ3n) is 1.08. The van der Waals surface area contributed by atoms with Crippen molar-refractivity contribution in [1.29, 1.82) is 0 Å². The molecule has 0 radical (unpaired) electrons. The van der Waals surface area contributed by atoms with E-state index in [4.69, 9.17) is 0 Å². The molecule has 0 aliphatic carbocycles. The molecule has 0 unspecified atom stereocenters. The number of hydrogen-bond acceptors (Lipinski definition) is 4. The average Bonchev–Trinajstić information content (AvgIpc) is 2.34. The fourth-order valence-electron chi connectivity index (χ4n) is 0.628. The van der Waals surface area contributed by atoms with Gasteiger partial charge >= 0.3 is 5.95 Å². The molecule has 0 atom stereocenters. The van der Waals surface area contributed by atoms with E-state index in [1.807, 2.05) is 0 Å². The lowest BCUT2D eigenvalue weighted by atomic mass is 10.6. The van der Waals surface area contributed by atoms with Crippen LogP contribution in [0.1, 0.15) is 0 Å². The summed E-state index contributed by atoms with van der Waals surface area (Å²) >= 11 is 3.02. The number of rotatable bonds is 3. The minimum Gasteiger partial charge on any atom is -0.390 e. The van der Waals surface area contributed by atoms with Gasteiger partial charge in [-0.3, -0.25) is 0 Å². The second-order valence-corrected chi connectivity index (χ2v) is 2.62. The molecule has 6 nitrogen and oxygen atoms in total. The number of aromatic nitrogens is 3. The topological polar surface area (TPSA) is 73.8 Å². The second-order valence-electron chi connectivity index (χ2n) is 1.91. The van der Waals surface area contributed by atoms with Crippen LogP contribution < -0.4 is 0 Å². The Morgan fingerprint density at radius 1 is 1.83 bits per heavy atom. The Hall–Kier alpha value is -1.24. The summed E-state index contributed by atoms with van der Waals surface area (Å²) < 4.78 is 1.67. The summed E-state index contributed by atoms with van der Waals surface area (Å²) in [7, 11) is 0. The number of allylic oxidation sites excluding steroid dienone is 1. The minimum atomic E-state index is -0.648. The summed E-state index contributed by atoms with van der Waals surface area (Å²) in [5.74, 6) is -0.413. The molecule has 0 aliphatic heterocycles. The van der Waals surface area contributed by atoms with Crippen molar-refractivity contribution in [3.8, 4) is 0 Å². The maximum Gasteiger partial charge on any atom is 0.492 e.